The Kier molecular flexibility index (Phi) is 4.81. The van der Waals surface area contributed by atoms with Crippen molar-refractivity contribution >= 4 is 23.2 Å². The van der Waals surface area contributed by atoms with Crippen LogP contribution in [0.2, 0.25) is 0 Å². The number of likely N-dealkylation sites (tertiary alicyclic amines) is 1. The van der Waals surface area contributed by atoms with Crippen molar-refractivity contribution in [1.82, 2.24) is 10.2 Å². The van der Waals surface area contributed by atoms with Crippen LogP contribution >= 0.6 is 11.3 Å². The van der Waals surface area contributed by atoms with Crippen molar-refractivity contribution in [2.24, 2.45) is 5.92 Å². The molecule has 6 heteroatoms. The first-order valence-corrected chi connectivity index (χ1v) is 8.69. The molecule has 23 heavy (non-hydrogen) atoms. The lowest BCUT2D eigenvalue weighted by Gasteiger charge is -2.31. The Morgan fingerprint density at radius 2 is 2.09 bits per heavy atom. The lowest BCUT2D eigenvalue weighted by Crippen LogP contribution is -2.43. The zero-order valence-corrected chi connectivity index (χ0v) is 13.8. The van der Waals surface area contributed by atoms with Crippen molar-refractivity contribution in [3.05, 3.63) is 46.5 Å². The number of piperidine rings is 1. The Morgan fingerprint density at radius 1 is 1.30 bits per heavy atom. The maximum Gasteiger partial charge on any atom is 0.289 e. The van der Waals surface area contributed by atoms with E-state index in [1.54, 1.807) is 28.4 Å². The number of rotatable bonds is 4. The Bertz CT molecular complexity index is 643. The normalized spacial score (nSPS) is 17.0. The number of nitrogens with one attached hydrogen (secondary N) is 1. The summed E-state index contributed by atoms with van der Waals surface area (Å²) in [6.07, 6.45) is 2.88. The first-order valence-electron chi connectivity index (χ1n) is 7.81. The number of hydrogen-bond donors (Lipinski definition) is 1. The average Bonchev–Trinajstić information content (AvgIpc) is 3.27. The highest BCUT2D eigenvalue weighted by Gasteiger charge is 2.29. The van der Waals surface area contributed by atoms with Crippen molar-refractivity contribution < 1.29 is 14.0 Å². The zero-order valence-electron chi connectivity index (χ0n) is 13.0. The van der Waals surface area contributed by atoms with E-state index >= 15 is 0 Å². The van der Waals surface area contributed by atoms with Crippen LogP contribution in [0, 0.1) is 5.92 Å². The van der Waals surface area contributed by atoms with Gasteiger partial charge in [0.1, 0.15) is 0 Å². The molecule has 1 aliphatic rings. The van der Waals surface area contributed by atoms with Crippen LogP contribution in [-0.2, 0) is 4.79 Å². The summed E-state index contributed by atoms with van der Waals surface area (Å²) in [4.78, 5) is 27.5. The summed E-state index contributed by atoms with van der Waals surface area (Å²) < 4.78 is 5.15. The number of thiophene rings is 1. The molecule has 0 bridgehead atoms. The molecular weight excluding hydrogens is 312 g/mol. The smallest absolute Gasteiger partial charge is 0.289 e. The Morgan fingerprint density at radius 3 is 2.70 bits per heavy atom. The molecule has 2 amide bonds. The lowest BCUT2D eigenvalue weighted by atomic mass is 9.95. The highest BCUT2D eigenvalue weighted by atomic mass is 32.1. The van der Waals surface area contributed by atoms with E-state index in [2.05, 4.69) is 5.32 Å². The van der Waals surface area contributed by atoms with Gasteiger partial charge in [-0.3, -0.25) is 9.59 Å². The lowest BCUT2D eigenvalue weighted by molar-refractivity contribution is -0.126. The van der Waals surface area contributed by atoms with Crippen LogP contribution in [0.25, 0.3) is 0 Å². The highest BCUT2D eigenvalue weighted by molar-refractivity contribution is 7.10. The fourth-order valence-corrected chi connectivity index (χ4v) is 3.58. The third kappa shape index (κ3) is 3.64. The first kappa shape index (κ1) is 15.8. The minimum atomic E-state index is -0.0965. The summed E-state index contributed by atoms with van der Waals surface area (Å²) >= 11 is 1.64. The van der Waals surface area contributed by atoms with Crippen molar-refractivity contribution in [3.63, 3.8) is 0 Å². The number of amides is 2. The van der Waals surface area contributed by atoms with Crippen LogP contribution in [0.4, 0.5) is 0 Å². The van der Waals surface area contributed by atoms with Gasteiger partial charge >= 0.3 is 0 Å². The maximum absolute atomic E-state index is 12.4. The number of hydrogen-bond acceptors (Lipinski definition) is 4. The molecule has 2 aromatic heterocycles. The molecule has 0 unspecified atom stereocenters. The average molecular weight is 332 g/mol. The van der Waals surface area contributed by atoms with Crippen molar-refractivity contribution in [2.75, 3.05) is 13.1 Å². The van der Waals surface area contributed by atoms with E-state index in [1.165, 1.54) is 6.26 Å². The molecule has 1 N–H and O–H groups in total. The first-order chi connectivity index (χ1) is 11.1. The Hall–Kier alpha value is -2.08. The van der Waals surface area contributed by atoms with Gasteiger partial charge in [0.15, 0.2) is 5.76 Å². The van der Waals surface area contributed by atoms with Gasteiger partial charge in [0, 0.05) is 23.9 Å². The van der Waals surface area contributed by atoms with E-state index in [4.69, 9.17) is 4.42 Å². The molecule has 3 heterocycles. The zero-order chi connectivity index (χ0) is 16.2. The molecule has 1 fully saturated rings. The largest absolute Gasteiger partial charge is 0.459 e. The second-order valence-electron chi connectivity index (χ2n) is 5.79. The molecule has 0 radical (unpaired) electrons. The summed E-state index contributed by atoms with van der Waals surface area (Å²) in [5, 5.41) is 5.08. The number of carbonyl (C=O) groups is 2. The van der Waals surface area contributed by atoms with Gasteiger partial charge in [-0.25, -0.2) is 0 Å². The van der Waals surface area contributed by atoms with Gasteiger partial charge in [-0.05, 0) is 43.3 Å². The van der Waals surface area contributed by atoms with Crippen molar-refractivity contribution in [1.29, 1.82) is 0 Å². The predicted octanol–water partition coefficient (Wildman–Crippen LogP) is 3.07. The van der Waals surface area contributed by atoms with Gasteiger partial charge in [-0.2, -0.15) is 0 Å². The van der Waals surface area contributed by atoms with Gasteiger partial charge in [0.25, 0.3) is 5.91 Å². The minimum absolute atomic E-state index is 0.0296. The van der Waals surface area contributed by atoms with E-state index in [0.717, 1.165) is 4.88 Å². The molecular formula is C17H20N2O3S. The predicted molar refractivity (Wildman–Crippen MR) is 88.2 cm³/mol. The number of carbonyl (C=O) groups excluding carboxylic acids is 2. The minimum Gasteiger partial charge on any atom is -0.459 e. The SMILES string of the molecule is C[C@H](NC(=O)C1CCN(C(=O)c2ccco2)CC1)c1cccs1. The maximum atomic E-state index is 12.4. The monoisotopic (exact) mass is 332 g/mol. The van der Waals surface area contributed by atoms with Gasteiger partial charge in [-0.1, -0.05) is 6.07 Å². The van der Waals surface area contributed by atoms with Crippen molar-refractivity contribution in [2.45, 2.75) is 25.8 Å². The summed E-state index contributed by atoms with van der Waals surface area (Å²) in [5.74, 6) is 0.314. The Balaban J connectivity index is 1.50. The second-order valence-corrected chi connectivity index (χ2v) is 6.77. The summed E-state index contributed by atoms with van der Waals surface area (Å²) in [6.45, 7) is 3.18. The molecule has 122 valence electrons. The fourth-order valence-electron chi connectivity index (χ4n) is 2.84. The second kappa shape index (κ2) is 7.00. The van der Waals surface area contributed by atoms with Crippen LogP contribution in [-0.4, -0.2) is 29.8 Å². The molecule has 0 spiro atoms. The molecule has 1 atom stereocenters. The molecule has 3 rings (SSSR count). The van der Waals surface area contributed by atoms with E-state index in [0.29, 0.717) is 31.7 Å². The summed E-state index contributed by atoms with van der Waals surface area (Å²) in [6, 6.07) is 7.43. The van der Waals surface area contributed by atoms with E-state index in [-0.39, 0.29) is 23.8 Å². The highest BCUT2D eigenvalue weighted by Crippen LogP contribution is 2.22. The number of furan rings is 1. The molecule has 1 aliphatic heterocycles. The molecule has 0 saturated carbocycles. The number of nitrogens with zero attached hydrogens (tertiary/aromatic N) is 1. The molecule has 0 aromatic carbocycles. The van der Waals surface area contributed by atoms with E-state index in [9.17, 15) is 9.59 Å². The van der Waals surface area contributed by atoms with Gasteiger partial charge in [0.2, 0.25) is 5.91 Å². The third-order valence-electron chi connectivity index (χ3n) is 4.21. The molecule has 1 saturated heterocycles. The quantitative estimate of drug-likeness (QED) is 0.936. The van der Waals surface area contributed by atoms with Gasteiger partial charge in [0.05, 0.1) is 12.3 Å². The van der Waals surface area contributed by atoms with Crippen LogP contribution in [0.1, 0.15) is 41.2 Å². The van der Waals surface area contributed by atoms with Crippen LogP contribution < -0.4 is 5.32 Å². The van der Waals surface area contributed by atoms with Gasteiger partial charge in [-0.15, -0.1) is 11.3 Å². The standard InChI is InChI=1S/C17H20N2O3S/c1-12(15-5-3-11-23-15)18-16(20)13-6-8-19(9-7-13)17(21)14-4-2-10-22-14/h2-5,10-13H,6-9H2,1H3,(H,18,20)/t12-/m0/s1. The van der Waals surface area contributed by atoms with Crippen molar-refractivity contribution in [3.8, 4) is 0 Å². The molecule has 5 nitrogen and oxygen atoms in total. The molecule has 0 aliphatic carbocycles. The van der Waals surface area contributed by atoms with Crippen LogP contribution in [0.5, 0.6) is 0 Å². The summed E-state index contributed by atoms with van der Waals surface area (Å²) in [7, 11) is 0. The van der Waals surface area contributed by atoms with E-state index in [1.807, 2.05) is 24.4 Å². The Labute approximate surface area is 139 Å². The molecule has 2 aromatic rings. The summed E-state index contributed by atoms with van der Waals surface area (Å²) in [5.41, 5.74) is 0. The van der Waals surface area contributed by atoms with E-state index < -0.39 is 0 Å². The topological polar surface area (TPSA) is 62.6 Å². The third-order valence-corrected chi connectivity index (χ3v) is 5.27. The van der Waals surface area contributed by atoms with Crippen LogP contribution in [0.15, 0.2) is 40.3 Å². The van der Waals surface area contributed by atoms with Gasteiger partial charge < -0.3 is 14.6 Å². The van der Waals surface area contributed by atoms with Crippen LogP contribution in [0.3, 0.4) is 0 Å². The fraction of sp³-hybridized carbons (Fsp3) is 0.412.